The molecule has 1 fully saturated rings. The van der Waals surface area contributed by atoms with Gasteiger partial charge in [-0.15, -0.1) is 0 Å². The Morgan fingerprint density at radius 3 is 2.59 bits per heavy atom. The summed E-state index contributed by atoms with van der Waals surface area (Å²) >= 11 is 0. The van der Waals surface area contributed by atoms with E-state index in [1.54, 1.807) is 20.8 Å². The molecule has 5 nitrogen and oxygen atoms in total. The molecule has 0 amide bonds. The molecule has 0 N–H and O–H groups in total. The van der Waals surface area contributed by atoms with E-state index in [-0.39, 0.29) is 12.8 Å². The molecule has 1 aliphatic carbocycles. The minimum Gasteiger partial charge on any atom is -0.460 e. The van der Waals surface area contributed by atoms with Gasteiger partial charge < -0.3 is 4.74 Å². The predicted octanol–water partition coefficient (Wildman–Crippen LogP) is 3.15. The number of rotatable bonds is 2. The summed E-state index contributed by atoms with van der Waals surface area (Å²) in [6.45, 7) is 5.31. The molecule has 0 aromatic rings. The molecule has 0 spiro atoms. The monoisotopic (exact) mass is 243 g/mol. The highest BCUT2D eigenvalue weighted by Crippen LogP contribution is 2.30. The number of esters is 1. The number of hydrogen-bond acceptors (Lipinski definition) is 3. The van der Waals surface area contributed by atoms with E-state index >= 15 is 0 Å². The van der Waals surface area contributed by atoms with Gasteiger partial charge in [0.15, 0.2) is 0 Å². The van der Waals surface area contributed by atoms with Gasteiger partial charge in [-0.05, 0) is 45.6 Å². The van der Waals surface area contributed by atoms with E-state index in [9.17, 15) is 9.18 Å². The third kappa shape index (κ3) is 4.61. The molecule has 0 saturated heterocycles. The molecule has 17 heavy (non-hydrogen) atoms. The second-order valence-corrected chi connectivity index (χ2v) is 5.39. The molecular formula is C11H18FN3O2. The van der Waals surface area contributed by atoms with Crippen molar-refractivity contribution in [2.45, 2.75) is 57.8 Å². The second-order valence-electron chi connectivity index (χ2n) is 5.39. The Bertz CT molecular complexity index is 334. The van der Waals surface area contributed by atoms with Crippen LogP contribution in [0, 0.1) is 5.92 Å². The average molecular weight is 243 g/mol. The molecule has 1 unspecified atom stereocenters. The summed E-state index contributed by atoms with van der Waals surface area (Å²) in [5.41, 5.74) is 7.76. The highest BCUT2D eigenvalue weighted by molar-refractivity contribution is 5.73. The third-order valence-electron chi connectivity index (χ3n) is 2.58. The highest BCUT2D eigenvalue weighted by atomic mass is 19.1. The normalized spacial score (nSPS) is 29.3. The van der Waals surface area contributed by atoms with Crippen molar-refractivity contribution < 1.29 is 13.9 Å². The summed E-state index contributed by atoms with van der Waals surface area (Å²) in [6, 6.07) is -0.443. The maximum Gasteiger partial charge on any atom is 0.309 e. The fourth-order valence-corrected chi connectivity index (χ4v) is 1.97. The molecular weight excluding hydrogens is 225 g/mol. The quantitative estimate of drug-likeness (QED) is 0.323. The van der Waals surface area contributed by atoms with E-state index in [1.165, 1.54) is 0 Å². The first-order valence-electron chi connectivity index (χ1n) is 5.73. The molecule has 1 saturated carbocycles. The molecule has 1 aliphatic rings. The fourth-order valence-electron chi connectivity index (χ4n) is 1.97. The molecule has 0 aromatic heterocycles. The van der Waals surface area contributed by atoms with Crippen LogP contribution in [0.1, 0.15) is 40.0 Å². The van der Waals surface area contributed by atoms with Crippen molar-refractivity contribution in [3.8, 4) is 0 Å². The first-order chi connectivity index (χ1) is 7.81. The van der Waals surface area contributed by atoms with E-state index in [2.05, 4.69) is 10.0 Å². The minimum absolute atomic E-state index is 0.159. The molecule has 0 aromatic carbocycles. The van der Waals surface area contributed by atoms with Crippen molar-refractivity contribution in [1.82, 2.24) is 0 Å². The lowest BCUT2D eigenvalue weighted by atomic mass is 9.85. The van der Waals surface area contributed by atoms with E-state index in [4.69, 9.17) is 10.3 Å². The molecule has 0 radical (unpaired) electrons. The molecule has 1 rings (SSSR count). The molecule has 3 atom stereocenters. The Hall–Kier alpha value is -1.29. The lowest BCUT2D eigenvalue weighted by molar-refractivity contribution is -0.162. The maximum absolute atomic E-state index is 13.4. The van der Waals surface area contributed by atoms with Crippen LogP contribution in [0.3, 0.4) is 0 Å². The van der Waals surface area contributed by atoms with E-state index in [0.29, 0.717) is 6.42 Å². The van der Waals surface area contributed by atoms with Crippen LogP contribution in [0.2, 0.25) is 0 Å². The zero-order valence-corrected chi connectivity index (χ0v) is 10.4. The van der Waals surface area contributed by atoms with Gasteiger partial charge in [-0.3, -0.25) is 4.79 Å². The summed E-state index contributed by atoms with van der Waals surface area (Å²) in [4.78, 5) is 14.5. The maximum atomic E-state index is 13.4. The summed E-state index contributed by atoms with van der Waals surface area (Å²) in [5, 5.41) is 3.50. The molecule has 0 bridgehead atoms. The topological polar surface area (TPSA) is 75.1 Å². The Morgan fingerprint density at radius 2 is 2.06 bits per heavy atom. The lowest BCUT2D eigenvalue weighted by Gasteiger charge is -2.30. The number of ether oxygens (including phenoxy) is 1. The van der Waals surface area contributed by atoms with Crippen LogP contribution >= 0.6 is 0 Å². The SMILES string of the molecule is CC(C)(C)OC(=O)C1C[C@@H](F)C[C@@H](N=[N+]=[N-])C1. The van der Waals surface area contributed by atoms with Crippen molar-refractivity contribution in [2.75, 3.05) is 0 Å². The van der Waals surface area contributed by atoms with Gasteiger partial charge in [-0.2, -0.15) is 0 Å². The number of alkyl halides is 1. The van der Waals surface area contributed by atoms with Gasteiger partial charge in [-0.1, -0.05) is 5.11 Å². The van der Waals surface area contributed by atoms with Crippen LogP contribution in [-0.2, 0) is 9.53 Å². The second kappa shape index (κ2) is 5.36. The van der Waals surface area contributed by atoms with Gasteiger partial charge >= 0.3 is 5.97 Å². The third-order valence-corrected chi connectivity index (χ3v) is 2.58. The Balaban J connectivity index is 2.64. The number of carbonyl (C=O) groups excluding carboxylic acids is 1. The van der Waals surface area contributed by atoms with Crippen LogP contribution in [0.5, 0.6) is 0 Å². The lowest BCUT2D eigenvalue weighted by Crippen LogP contribution is -2.35. The Labute approximate surface area is 100.0 Å². The summed E-state index contributed by atoms with van der Waals surface area (Å²) in [7, 11) is 0. The molecule has 96 valence electrons. The Morgan fingerprint density at radius 1 is 1.41 bits per heavy atom. The summed E-state index contributed by atoms with van der Waals surface area (Å²) in [5.74, 6) is -0.911. The van der Waals surface area contributed by atoms with Crippen LogP contribution in [0.25, 0.3) is 10.4 Å². The first kappa shape index (κ1) is 13.8. The smallest absolute Gasteiger partial charge is 0.309 e. The van der Waals surface area contributed by atoms with Crippen LogP contribution in [0.15, 0.2) is 5.11 Å². The number of carbonyl (C=O) groups is 1. The van der Waals surface area contributed by atoms with Crippen LogP contribution in [0.4, 0.5) is 4.39 Å². The van der Waals surface area contributed by atoms with Crippen molar-refractivity contribution in [2.24, 2.45) is 11.0 Å². The largest absolute Gasteiger partial charge is 0.460 e. The number of nitrogens with zero attached hydrogens (tertiary/aromatic N) is 3. The van der Waals surface area contributed by atoms with Crippen molar-refractivity contribution >= 4 is 5.97 Å². The van der Waals surface area contributed by atoms with Gasteiger partial charge in [0.1, 0.15) is 11.8 Å². The van der Waals surface area contributed by atoms with E-state index in [1.807, 2.05) is 0 Å². The van der Waals surface area contributed by atoms with Crippen LogP contribution in [-0.4, -0.2) is 23.8 Å². The van der Waals surface area contributed by atoms with Gasteiger partial charge in [0.05, 0.1) is 5.92 Å². The van der Waals surface area contributed by atoms with Gasteiger partial charge in [0.25, 0.3) is 0 Å². The van der Waals surface area contributed by atoms with Gasteiger partial charge in [0.2, 0.25) is 0 Å². The fraction of sp³-hybridized carbons (Fsp3) is 0.909. The zero-order chi connectivity index (χ0) is 13.1. The molecule has 0 aliphatic heterocycles. The standard InChI is InChI=1S/C11H18FN3O2/c1-11(2,3)17-10(16)7-4-8(12)6-9(5-7)14-15-13/h7-9H,4-6H2,1-3H3/t7?,8-,9+/m1/s1. The number of hydrogen-bond donors (Lipinski definition) is 0. The number of azide groups is 1. The molecule has 0 heterocycles. The Kier molecular flexibility index (Phi) is 4.34. The van der Waals surface area contributed by atoms with Gasteiger partial charge in [0, 0.05) is 11.0 Å². The van der Waals surface area contributed by atoms with Crippen molar-refractivity contribution in [1.29, 1.82) is 0 Å². The van der Waals surface area contributed by atoms with E-state index in [0.717, 1.165) is 0 Å². The zero-order valence-electron chi connectivity index (χ0n) is 10.4. The van der Waals surface area contributed by atoms with Crippen LogP contribution < -0.4 is 0 Å². The van der Waals surface area contributed by atoms with Crippen molar-refractivity contribution in [3.05, 3.63) is 10.4 Å². The predicted molar refractivity (Wildman–Crippen MR) is 61.0 cm³/mol. The highest BCUT2D eigenvalue weighted by Gasteiger charge is 2.35. The minimum atomic E-state index is -1.10. The van der Waals surface area contributed by atoms with E-state index < -0.39 is 29.7 Å². The summed E-state index contributed by atoms with van der Waals surface area (Å²) < 4.78 is 18.6. The van der Waals surface area contributed by atoms with Crippen molar-refractivity contribution in [3.63, 3.8) is 0 Å². The van der Waals surface area contributed by atoms with Gasteiger partial charge in [-0.25, -0.2) is 4.39 Å². The average Bonchev–Trinajstić information content (AvgIpc) is 2.14. The molecule has 6 heteroatoms. The first-order valence-corrected chi connectivity index (χ1v) is 5.73. The summed E-state index contributed by atoms with van der Waals surface area (Å²) in [6.07, 6.45) is -0.369. The number of halogens is 1.